The molecule has 1 aliphatic carbocycles. The zero-order valence-corrected chi connectivity index (χ0v) is 12.7. The van der Waals surface area contributed by atoms with Crippen molar-refractivity contribution in [2.24, 2.45) is 11.3 Å². The molecule has 1 heteroatoms. The van der Waals surface area contributed by atoms with Gasteiger partial charge in [0.25, 0.3) is 0 Å². The van der Waals surface area contributed by atoms with Crippen molar-refractivity contribution in [1.29, 1.82) is 0 Å². The Morgan fingerprint density at radius 2 is 1.44 bits per heavy atom. The highest BCUT2D eigenvalue weighted by molar-refractivity contribution is 4.95. The number of hydrogen-bond donors (Lipinski definition) is 0. The second-order valence-corrected chi connectivity index (χ2v) is 7.33. The molecule has 0 aromatic heterocycles. The Labute approximate surface area is 114 Å². The van der Waals surface area contributed by atoms with Crippen LogP contribution in [0.15, 0.2) is 0 Å². The Morgan fingerprint density at radius 1 is 0.889 bits per heavy atom. The molecule has 0 amide bonds. The second-order valence-electron chi connectivity index (χ2n) is 7.33. The quantitative estimate of drug-likeness (QED) is 0.674. The molecule has 2 fully saturated rings. The number of nitrogens with zero attached hydrogens (tertiary/aromatic N) is 1. The molecule has 18 heavy (non-hydrogen) atoms. The molecule has 1 nitrogen and oxygen atoms in total. The molecule has 1 saturated carbocycles. The SMILES string of the molecule is CC(C)CCC1(CN2CCCCCCCC2)CC1. The van der Waals surface area contributed by atoms with E-state index in [4.69, 9.17) is 0 Å². The summed E-state index contributed by atoms with van der Waals surface area (Å²) in [6.07, 6.45) is 14.7. The van der Waals surface area contributed by atoms with Crippen molar-refractivity contribution in [2.75, 3.05) is 19.6 Å². The van der Waals surface area contributed by atoms with Gasteiger partial charge in [-0.1, -0.05) is 46.0 Å². The van der Waals surface area contributed by atoms with Gasteiger partial charge in [-0.05, 0) is 56.5 Å². The summed E-state index contributed by atoms with van der Waals surface area (Å²) in [4.78, 5) is 2.80. The second kappa shape index (κ2) is 6.93. The summed E-state index contributed by atoms with van der Waals surface area (Å²) in [5, 5.41) is 0. The van der Waals surface area contributed by atoms with Crippen LogP contribution in [0.25, 0.3) is 0 Å². The van der Waals surface area contributed by atoms with Gasteiger partial charge in [-0.3, -0.25) is 0 Å². The molecule has 106 valence electrons. The normalized spacial score (nSPS) is 25.5. The summed E-state index contributed by atoms with van der Waals surface area (Å²) in [6.45, 7) is 8.92. The summed E-state index contributed by atoms with van der Waals surface area (Å²) in [7, 11) is 0. The van der Waals surface area contributed by atoms with Crippen molar-refractivity contribution in [3.63, 3.8) is 0 Å². The van der Waals surface area contributed by atoms with Crippen molar-refractivity contribution in [3.8, 4) is 0 Å². The highest BCUT2D eigenvalue weighted by Crippen LogP contribution is 2.50. The standard InChI is InChI=1S/C17H33N/c1-16(2)9-10-17(11-12-17)15-18-13-7-5-3-4-6-8-14-18/h16H,3-15H2,1-2H3. The van der Waals surface area contributed by atoms with Crippen LogP contribution >= 0.6 is 0 Å². The lowest BCUT2D eigenvalue weighted by molar-refractivity contribution is 0.203. The van der Waals surface area contributed by atoms with Gasteiger partial charge in [0.2, 0.25) is 0 Å². The van der Waals surface area contributed by atoms with E-state index in [1.165, 1.54) is 83.8 Å². The molecule has 1 aliphatic heterocycles. The average Bonchev–Trinajstić information content (AvgIpc) is 3.06. The van der Waals surface area contributed by atoms with Crippen LogP contribution in [0, 0.1) is 11.3 Å². The van der Waals surface area contributed by atoms with Gasteiger partial charge in [-0.25, -0.2) is 0 Å². The first-order chi connectivity index (χ1) is 8.70. The highest BCUT2D eigenvalue weighted by atomic mass is 15.1. The molecular weight excluding hydrogens is 218 g/mol. The van der Waals surface area contributed by atoms with Crippen molar-refractivity contribution >= 4 is 0 Å². The Balaban J connectivity index is 1.75. The van der Waals surface area contributed by atoms with Crippen LogP contribution in [0.5, 0.6) is 0 Å². The van der Waals surface area contributed by atoms with Crippen molar-refractivity contribution in [3.05, 3.63) is 0 Å². The van der Waals surface area contributed by atoms with Crippen LogP contribution < -0.4 is 0 Å². The first-order valence-electron chi connectivity index (χ1n) is 8.43. The van der Waals surface area contributed by atoms with Crippen LogP contribution in [0.4, 0.5) is 0 Å². The molecule has 0 aromatic rings. The lowest BCUT2D eigenvalue weighted by atomic mass is 9.94. The summed E-state index contributed by atoms with van der Waals surface area (Å²) in [5.74, 6) is 0.887. The molecule has 0 radical (unpaired) electrons. The molecule has 0 atom stereocenters. The predicted molar refractivity (Wildman–Crippen MR) is 79.9 cm³/mol. The van der Waals surface area contributed by atoms with E-state index in [1.807, 2.05) is 0 Å². The molecule has 2 aliphatic rings. The Hall–Kier alpha value is -0.0400. The average molecular weight is 251 g/mol. The van der Waals surface area contributed by atoms with Crippen molar-refractivity contribution < 1.29 is 0 Å². The fourth-order valence-electron chi connectivity index (χ4n) is 3.38. The van der Waals surface area contributed by atoms with Gasteiger partial charge < -0.3 is 4.90 Å². The minimum Gasteiger partial charge on any atom is -0.303 e. The minimum absolute atomic E-state index is 0.748. The third-order valence-corrected chi connectivity index (χ3v) is 4.97. The summed E-state index contributed by atoms with van der Waals surface area (Å²) < 4.78 is 0. The minimum atomic E-state index is 0.748. The first kappa shape index (κ1) is 14.4. The first-order valence-corrected chi connectivity index (χ1v) is 8.43. The lowest BCUT2D eigenvalue weighted by Crippen LogP contribution is -2.32. The predicted octanol–water partition coefficient (Wildman–Crippen LogP) is 4.86. The molecular formula is C17H33N. The smallest absolute Gasteiger partial charge is 0.00380 e. The van der Waals surface area contributed by atoms with Gasteiger partial charge in [-0.15, -0.1) is 0 Å². The van der Waals surface area contributed by atoms with Gasteiger partial charge in [-0.2, -0.15) is 0 Å². The summed E-state index contributed by atoms with van der Waals surface area (Å²) in [6, 6.07) is 0. The van der Waals surface area contributed by atoms with Gasteiger partial charge in [0, 0.05) is 6.54 Å². The monoisotopic (exact) mass is 251 g/mol. The maximum absolute atomic E-state index is 2.80. The van der Waals surface area contributed by atoms with Crippen LogP contribution in [-0.2, 0) is 0 Å². The van der Waals surface area contributed by atoms with Gasteiger partial charge in [0.05, 0.1) is 0 Å². The third kappa shape index (κ3) is 4.91. The number of rotatable bonds is 5. The zero-order chi connectivity index (χ0) is 12.8. The molecule has 1 saturated heterocycles. The van der Waals surface area contributed by atoms with E-state index in [0.29, 0.717) is 0 Å². The molecule has 0 bridgehead atoms. The lowest BCUT2D eigenvalue weighted by Gasteiger charge is -2.27. The Morgan fingerprint density at radius 3 is 1.94 bits per heavy atom. The summed E-state index contributed by atoms with van der Waals surface area (Å²) >= 11 is 0. The zero-order valence-electron chi connectivity index (χ0n) is 12.7. The molecule has 2 rings (SSSR count). The van der Waals surface area contributed by atoms with E-state index in [2.05, 4.69) is 18.7 Å². The van der Waals surface area contributed by atoms with Gasteiger partial charge in [0.15, 0.2) is 0 Å². The van der Waals surface area contributed by atoms with Gasteiger partial charge >= 0.3 is 0 Å². The van der Waals surface area contributed by atoms with E-state index in [-0.39, 0.29) is 0 Å². The maximum atomic E-state index is 2.80. The molecule has 0 unspecified atom stereocenters. The van der Waals surface area contributed by atoms with E-state index >= 15 is 0 Å². The van der Waals surface area contributed by atoms with Crippen molar-refractivity contribution in [1.82, 2.24) is 4.90 Å². The van der Waals surface area contributed by atoms with Crippen LogP contribution in [0.2, 0.25) is 0 Å². The maximum Gasteiger partial charge on any atom is 0.00380 e. The van der Waals surface area contributed by atoms with E-state index in [9.17, 15) is 0 Å². The number of hydrogen-bond acceptors (Lipinski definition) is 1. The fourth-order valence-corrected chi connectivity index (χ4v) is 3.38. The van der Waals surface area contributed by atoms with Crippen LogP contribution in [-0.4, -0.2) is 24.5 Å². The topological polar surface area (TPSA) is 3.24 Å². The van der Waals surface area contributed by atoms with E-state index in [0.717, 1.165) is 11.3 Å². The van der Waals surface area contributed by atoms with Crippen LogP contribution in [0.1, 0.15) is 78.1 Å². The largest absolute Gasteiger partial charge is 0.303 e. The Kier molecular flexibility index (Phi) is 5.54. The van der Waals surface area contributed by atoms with Gasteiger partial charge in [0.1, 0.15) is 0 Å². The third-order valence-electron chi connectivity index (χ3n) is 4.97. The van der Waals surface area contributed by atoms with Crippen LogP contribution in [0.3, 0.4) is 0 Å². The van der Waals surface area contributed by atoms with E-state index < -0.39 is 0 Å². The fraction of sp³-hybridized carbons (Fsp3) is 1.00. The van der Waals surface area contributed by atoms with Crippen molar-refractivity contribution in [2.45, 2.75) is 78.1 Å². The molecule has 0 aromatic carbocycles. The highest BCUT2D eigenvalue weighted by Gasteiger charge is 2.42. The van der Waals surface area contributed by atoms with E-state index in [1.54, 1.807) is 0 Å². The molecule has 1 heterocycles. The Bertz CT molecular complexity index is 220. The molecule has 0 spiro atoms. The summed E-state index contributed by atoms with van der Waals surface area (Å²) in [5.41, 5.74) is 0.748. The molecule has 0 N–H and O–H groups in total.